The van der Waals surface area contributed by atoms with Crippen molar-refractivity contribution in [3.05, 3.63) is 139 Å². The van der Waals surface area contributed by atoms with E-state index in [0.717, 1.165) is 30.7 Å². The number of aryl methyl sites for hydroxylation is 1. The van der Waals surface area contributed by atoms with Crippen LogP contribution in [-0.2, 0) is 6.42 Å². The van der Waals surface area contributed by atoms with Crippen molar-refractivity contribution in [1.29, 1.82) is 0 Å². The van der Waals surface area contributed by atoms with Crippen molar-refractivity contribution in [3.63, 3.8) is 0 Å². The maximum absolute atomic E-state index is 6.32. The van der Waals surface area contributed by atoms with Crippen LogP contribution < -0.4 is 20.7 Å². The largest absolute Gasteiger partial charge is 0.477 e. The molecule has 0 radical (unpaired) electrons. The van der Waals surface area contributed by atoms with Gasteiger partial charge in [-0.2, -0.15) is 0 Å². The van der Waals surface area contributed by atoms with Crippen LogP contribution in [0.25, 0.3) is 11.1 Å². The lowest BCUT2D eigenvalue weighted by molar-refractivity contribution is 0.295. The second-order valence-corrected chi connectivity index (χ2v) is 13.2. The summed E-state index contributed by atoms with van der Waals surface area (Å²) in [6.07, 6.45) is 6.27. The maximum Gasteiger partial charge on any atom is 0.221 e. The van der Waals surface area contributed by atoms with Gasteiger partial charge in [0.25, 0.3) is 0 Å². The molecule has 4 aromatic carbocycles. The zero-order valence-electron chi connectivity index (χ0n) is 22.0. The van der Waals surface area contributed by atoms with E-state index in [4.69, 9.17) is 4.74 Å². The normalized spacial score (nSPS) is 11.3. The highest BCUT2D eigenvalue weighted by Crippen LogP contribution is 2.53. The molecule has 0 fully saturated rings. The highest BCUT2D eigenvalue weighted by atomic mass is 31.2. The summed E-state index contributed by atoms with van der Waals surface area (Å²) in [7, 11) is -1.90. The average molecular weight is 517 g/mol. The number of pyridine rings is 1. The Morgan fingerprint density at radius 2 is 1.16 bits per heavy atom. The van der Waals surface area contributed by atoms with Gasteiger partial charge in [0, 0.05) is 17.3 Å². The fourth-order valence-corrected chi connectivity index (χ4v) is 8.56. The minimum absolute atomic E-state index is 0.671. The highest BCUT2D eigenvalue weighted by Gasteiger charge is 2.42. The lowest BCUT2D eigenvalue weighted by Crippen LogP contribution is -2.31. The van der Waals surface area contributed by atoms with Crippen molar-refractivity contribution in [2.24, 2.45) is 0 Å². The quantitative estimate of drug-likeness (QED) is 0.134. The van der Waals surface area contributed by atoms with Gasteiger partial charge in [-0.05, 0) is 73.7 Å². The maximum atomic E-state index is 6.32. The first-order chi connectivity index (χ1) is 18.8. The Bertz CT molecular complexity index is 1380. The standard InChI is InChI=1S/C35H35NOP/c1-38(30-20-9-3-10-21-30,31-22-11-4-12-23-31)34-26-14-13-24-32(34)33-25-16-27-36-35(33)37-28-15-5-8-19-29-17-6-2-7-18-29/h2-4,6-7,9-14,16-18,20-27H,5,8,15,19,28H2,1H3/q+1. The number of unbranched alkanes of at least 4 members (excludes halogenated alkanes) is 2. The molecule has 2 nitrogen and oxygen atoms in total. The van der Waals surface area contributed by atoms with Gasteiger partial charge in [-0.3, -0.25) is 0 Å². The van der Waals surface area contributed by atoms with E-state index in [1.54, 1.807) is 0 Å². The predicted octanol–water partition coefficient (Wildman–Crippen LogP) is 7.46. The molecule has 0 bridgehead atoms. The molecule has 1 heterocycles. The van der Waals surface area contributed by atoms with E-state index >= 15 is 0 Å². The van der Waals surface area contributed by atoms with Crippen LogP contribution in [-0.4, -0.2) is 18.3 Å². The summed E-state index contributed by atoms with van der Waals surface area (Å²) < 4.78 is 6.32. The summed E-state index contributed by atoms with van der Waals surface area (Å²) in [4.78, 5) is 4.68. The Balaban J connectivity index is 1.40. The van der Waals surface area contributed by atoms with Gasteiger partial charge < -0.3 is 4.74 Å². The molecule has 190 valence electrons. The fraction of sp³-hybridized carbons (Fsp3) is 0.171. The van der Waals surface area contributed by atoms with Crippen molar-refractivity contribution < 1.29 is 4.74 Å². The molecule has 0 aliphatic rings. The number of hydrogen-bond donors (Lipinski definition) is 0. The van der Waals surface area contributed by atoms with Crippen LogP contribution in [0.4, 0.5) is 0 Å². The summed E-state index contributed by atoms with van der Waals surface area (Å²) in [5.74, 6) is 0.718. The Hall–Kier alpha value is -3.74. The van der Waals surface area contributed by atoms with Crippen molar-refractivity contribution >= 4 is 23.2 Å². The molecular weight excluding hydrogens is 481 g/mol. The molecule has 0 spiro atoms. The van der Waals surface area contributed by atoms with Gasteiger partial charge in [0.15, 0.2) is 0 Å². The van der Waals surface area contributed by atoms with Crippen LogP contribution in [0.3, 0.4) is 0 Å². The number of aromatic nitrogens is 1. The first kappa shape index (κ1) is 25.9. The fourth-order valence-electron chi connectivity index (χ4n) is 5.10. The molecule has 38 heavy (non-hydrogen) atoms. The summed E-state index contributed by atoms with van der Waals surface area (Å²) in [5, 5.41) is 4.07. The number of benzene rings is 4. The lowest BCUT2D eigenvalue weighted by atomic mass is 10.1. The van der Waals surface area contributed by atoms with Gasteiger partial charge in [-0.1, -0.05) is 84.9 Å². The van der Waals surface area contributed by atoms with Gasteiger partial charge in [-0.25, -0.2) is 4.98 Å². The summed E-state index contributed by atoms with van der Waals surface area (Å²) in [5.41, 5.74) is 3.66. The van der Waals surface area contributed by atoms with E-state index in [0.29, 0.717) is 6.61 Å². The van der Waals surface area contributed by atoms with Crippen molar-refractivity contribution in [2.75, 3.05) is 13.3 Å². The molecule has 0 amide bonds. The third-order valence-corrected chi connectivity index (χ3v) is 11.2. The van der Waals surface area contributed by atoms with Crippen LogP contribution in [0.1, 0.15) is 24.8 Å². The average Bonchev–Trinajstić information content (AvgIpc) is 3.00. The molecule has 0 N–H and O–H groups in total. The van der Waals surface area contributed by atoms with Crippen LogP contribution >= 0.6 is 7.26 Å². The number of nitrogens with zero attached hydrogens (tertiary/aromatic N) is 1. The SMILES string of the molecule is C[P+](c1ccccc1)(c1ccccc1)c1ccccc1-c1cccnc1OCCCCCc1ccccc1. The molecule has 3 heteroatoms. The number of hydrogen-bond acceptors (Lipinski definition) is 2. The zero-order chi connectivity index (χ0) is 26.0. The smallest absolute Gasteiger partial charge is 0.221 e. The van der Waals surface area contributed by atoms with E-state index in [9.17, 15) is 0 Å². The summed E-state index contributed by atoms with van der Waals surface area (Å²) in [6, 6.07) is 45.5. The van der Waals surface area contributed by atoms with Gasteiger partial charge in [0.2, 0.25) is 5.88 Å². The Morgan fingerprint density at radius 1 is 0.579 bits per heavy atom. The Labute approximate surface area is 227 Å². The molecule has 0 saturated carbocycles. The third-order valence-electron chi connectivity index (χ3n) is 7.18. The number of rotatable bonds is 11. The van der Waals surface area contributed by atoms with E-state index in [-0.39, 0.29) is 0 Å². The molecule has 0 atom stereocenters. The number of ether oxygens (including phenoxy) is 1. The van der Waals surface area contributed by atoms with Crippen molar-refractivity contribution in [2.45, 2.75) is 25.7 Å². The van der Waals surface area contributed by atoms with Gasteiger partial charge in [0.1, 0.15) is 23.2 Å². The highest BCUT2D eigenvalue weighted by molar-refractivity contribution is 7.95. The second kappa shape index (κ2) is 12.7. The summed E-state index contributed by atoms with van der Waals surface area (Å²) in [6.45, 7) is 3.10. The van der Waals surface area contributed by atoms with Crippen molar-refractivity contribution in [1.82, 2.24) is 4.98 Å². The molecular formula is C35H35NOP+. The minimum Gasteiger partial charge on any atom is -0.477 e. The van der Waals surface area contributed by atoms with E-state index in [1.165, 1.54) is 33.5 Å². The summed E-state index contributed by atoms with van der Waals surface area (Å²) >= 11 is 0. The molecule has 0 unspecified atom stereocenters. The lowest BCUT2D eigenvalue weighted by Gasteiger charge is -2.25. The Kier molecular flexibility index (Phi) is 8.64. The Morgan fingerprint density at radius 3 is 1.84 bits per heavy atom. The molecule has 5 rings (SSSR count). The predicted molar refractivity (Wildman–Crippen MR) is 164 cm³/mol. The molecule has 5 aromatic rings. The van der Waals surface area contributed by atoms with E-state index in [2.05, 4.69) is 133 Å². The molecule has 0 saturated heterocycles. The van der Waals surface area contributed by atoms with Crippen LogP contribution in [0.15, 0.2) is 134 Å². The monoisotopic (exact) mass is 516 g/mol. The van der Waals surface area contributed by atoms with E-state index in [1.807, 2.05) is 12.3 Å². The van der Waals surface area contributed by atoms with Crippen LogP contribution in [0.2, 0.25) is 0 Å². The zero-order valence-corrected chi connectivity index (χ0v) is 22.9. The second-order valence-electron chi connectivity index (χ2n) is 9.70. The van der Waals surface area contributed by atoms with Gasteiger partial charge >= 0.3 is 0 Å². The molecule has 0 aliphatic heterocycles. The topological polar surface area (TPSA) is 22.1 Å². The van der Waals surface area contributed by atoms with Crippen molar-refractivity contribution in [3.8, 4) is 17.0 Å². The van der Waals surface area contributed by atoms with E-state index < -0.39 is 7.26 Å². The van der Waals surface area contributed by atoms with Crippen LogP contribution in [0.5, 0.6) is 5.88 Å². The minimum atomic E-state index is -1.90. The first-order valence-electron chi connectivity index (χ1n) is 13.5. The third kappa shape index (κ3) is 5.87. The van der Waals surface area contributed by atoms with Gasteiger partial charge in [0.05, 0.1) is 13.3 Å². The van der Waals surface area contributed by atoms with Gasteiger partial charge in [-0.15, -0.1) is 0 Å². The molecule has 1 aromatic heterocycles. The van der Waals surface area contributed by atoms with Crippen LogP contribution in [0, 0.1) is 0 Å². The molecule has 0 aliphatic carbocycles. The first-order valence-corrected chi connectivity index (χ1v) is 15.7.